The molecule has 3 heterocycles. The van der Waals surface area contributed by atoms with Crippen molar-refractivity contribution in [1.82, 2.24) is 14.6 Å². The van der Waals surface area contributed by atoms with E-state index in [9.17, 15) is 29.3 Å². The van der Waals surface area contributed by atoms with E-state index in [1.807, 2.05) is 6.07 Å². The Labute approximate surface area is 342 Å². The molecule has 0 radical (unpaired) electrons. The summed E-state index contributed by atoms with van der Waals surface area (Å²) in [5.41, 5.74) is 0.165. The number of aliphatic hydroxyl groups is 2. The number of benzene rings is 1. The van der Waals surface area contributed by atoms with Crippen molar-refractivity contribution in [2.75, 3.05) is 26.4 Å². The van der Waals surface area contributed by atoms with Crippen LogP contribution in [-0.2, 0) is 40.0 Å². The third-order valence-electron chi connectivity index (χ3n) is 10.2. The lowest BCUT2D eigenvalue weighted by Crippen LogP contribution is -2.41. The smallest absolute Gasteiger partial charge is 0.387 e. The highest BCUT2D eigenvalue weighted by Crippen LogP contribution is 2.46. The zero-order chi connectivity index (χ0) is 41.8. The molecule has 1 unspecified atom stereocenters. The number of aryl methyl sites for hydroxylation is 1. The summed E-state index contributed by atoms with van der Waals surface area (Å²) >= 11 is 0. The fraction of sp³-hybridized carbons (Fsp3) is 0.605. The minimum atomic E-state index is -4.79. The van der Waals surface area contributed by atoms with Crippen LogP contribution in [0.25, 0.3) is 5.52 Å². The molecule has 6 atom stereocenters. The van der Waals surface area contributed by atoms with Gasteiger partial charge in [0, 0.05) is 6.61 Å². The minimum Gasteiger partial charge on any atom is -0.387 e. The van der Waals surface area contributed by atoms with Gasteiger partial charge in [-0.05, 0) is 74.9 Å². The molecule has 2 aromatic heterocycles. The van der Waals surface area contributed by atoms with Gasteiger partial charge in [0.2, 0.25) is 0 Å². The number of phosphoric acid groups is 1. The molecule has 1 aliphatic heterocycles. The van der Waals surface area contributed by atoms with Gasteiger partial charge in [-0.1, -0.05) is 82.8 Å². The first-order valence-corrected chi connectivity index (χ1v) is 22.0. The molecule has 318 valence electrons. The van der Waals surface area contributed by atoms with Gasteiger partial charge < -0.3 is 29.3 Å². The normalized spacial score (nSPS) is 21.0. The summed E-state index contributed by atoms with van der Waals surface area (Å²) in [5.74, 6) is 1.83. The van der Waals surface area contributed by atoms with Crippen molar-refractivity contribution >= 4 is 13.3 Å². The van der Waals surface area contributed by atoms with Gasteiger partial charge >= 0.3 is 7.82 Å². The molecule has 58 heavy (non-hydrogen) atoms. The van der Waals surface area contributed by atoms with Gasteiger partial charge in [0.05, 0.1) is 55.0 Å². The molecule has 0 spiro atoms. The first-order valence-electron chi connectivity index (χ1n) is 20.5. The maximum absolute atomic E-state index is 14.1. The van der Waals surface area contributed by atoms with Crippen LogP contribution in [0.1, 0.15) is 119 Å². The number of aromatic nitrogens is 3. The van der Waals surface area contributed by atoms with E-state index in [0.29, 0.717) is 23.4 Å². The molecule has 1 fully saturated rings. The van der Waals surface area contributed by atoms with Crippen LogP contribution in [0.2, 0.25) is 0 Å². The molecular formula is C43H60FN4O9P. The lowest BCUT2D eigenvalue weighted by molar-refractivity contribution is -0.0681. The Morgan fingerprint density at radius 1 is 1.02 bits per heavy atom. The highest BCUT2D eigenvalue weighted by atomic mass is 31.2. The first kappa shape index (κ1) is 47.2. The van der Waals surface area contributed by atoms with Gasteiger partial charge in [-0.2, -0.15) is 10.4 Å². The molecule has 0 bridgehead atoms. The van der Waals surface area contributed by atoms with Gasteiger partial charge in [0.15, 0.2) is 5.60 Å². The second-order valence-electron chi connectivity index (χ2n) is 14.8. The zero-order valence-electron chi connectivity index (χ0n) is 33.8. The standard InChI is InChI=1S/C43H60FN4O9P/c1-4-6-7-8-9-10-11-12-13-14-15-16-17-18-19-20-23-53-29-37(54-28-35-24-34(27-45)25-36(44)26-35)30-55-58(51,52)56-31-39-41(49)42(50)43(5-2,57-39)40-22-21-38-33(3)46-32-47-48(38)40/h2,12-13,21-22,24-26,32,37,39,41-42,49-50H,4,6-11,14-20,23,28-31H2,1,3H3,(H,51,52)/b13-12-/t37-,39-,41-,42-,43+/m1/s1. The summed E-state index contributed by atoms with van der Waals surface area (Å²) < 4.78 is 56.8. The van der Waals surface area contributed by atoms with E-state index in [4.69, 9.17) is 29.7 Å². The van der Waals surface area contributed by atoms with Crippen LogP contribution in [0, 0.1) is 36.4 Å². The predicted octanol–water partition coefficient (Wildman–Crippen LogP) is 7.77. The van der Waals surface area contributed by atoms with E-state index < -0.39 is 56.9 Å². The Morgan fingerprint density at radius 3 is 2.40 bits per heavy atom. The van der Waals surface area contributed by atoms with Gasteiger partial charge in [-0.25, -0.2) is 18.5 Å². The van der Waals surface area contributed by atoms with Crippen LogP contribution in [0.5, 0.6) is 0 Å². The quantitative estimate of drug-likeness (QED) is 0.0281. The van der Waals surface area contributed by atoms with E-state index in [1.54, 1.807) is 19.1 Å². The Kier molecular flexibility index (Phi) is 19.9. The van der Waals surface area contributed by atoms with Crippen LogP contribution in [0.4, 0.5) is 4.39 Å². The molecule has 1 aliphatic rings. The SMILES string of the molecule is C#C[C@@]1(c2ccc3c(C)ncnn23)O[C@H](COP(=O)(O)OC[C@@H](COCCCCCCCC/C=C\CCCCCCCC)OCc2cc(F)cc(C#N)c2)[C@@H](O)[C@H]1O. The summed E-state index contributed by atoms with van der Waals surface area (Å²) in [6.45, 7) is 3.22. The highest BCUT2D eigenvalue weighted by molar-refractivity contribution is 7.47. The summed E-state index contributed by atoms with van der Waals surface area (Å²) in [6.07, 6.45) is 23.0. The van der Waals surface area contributed by atoms with E-state index in [0.717, 1.165) is 38.2 Å². The van der Waals surface area contributed by atoms with Crippen molar-refractivity contribution in [2.24, 2.45) is 0 Å². The maximum atomic E-state index is 14.1. The van der Waals surface area contributed by atoms with Crippen molar-refractivity contribution in [3.8, 4) is 18.4 Å². The van der Waals surface area contributed by atoms with E-state index in [2.05, 4.69) is 35.1 Å². The number of nitrogens with zero attached hydrogens (tertiary/aromatic N) is 4. The van der Waals surface area contributed by atoms with E-state index >= 15 is 0 Å². The number of hydrogen-bond donors (Lipinski definition) is 3. The van der Waals surface area contributed by atoms with Gasteiger partial charge in [0.1, 0.15) is 36.6 Å². The molecule has 13 nitrogen and oxygen atoms in total. The summed E-state index contributed by atoms with van der Waals surface area (Å²) in [7, 11) is -4.79. The number of ether oxygens (including phenoxy) is 3. The van der Waals surface area contributed by atoms with Gasteiger partial charge in [0.25, 0.3) is 0 Å². The van der Waals surface area contributed by atoms with Crippen LogP contribution >= 0.6 is 7.82 Å². The van der Waals surface area contributed by atoms with Crippen molar-refractivity contribution in [3.63, 3.8) is 0 Å². The van der Waals surface area contributed by atoms with Crippen molar-refractivity contribution < 1.29 is 47.3 Å². The number of hydrogen-bond acceptors (Lipinski definition) is 11. The minimum absolute atomic E-state index is 0.00112. The van der Waals surface area contributed by atoms with Crippen molar-refractivity contribution in [2.45, 2.75) is 140 Å². The van der Waals surface area contributed by atoms with E-state index in [1.165, 1.54) is 80.8 Å². The monoisotopic (exact) mass is 826 g/mol. The summed E-state index contributed by atoms with van der Waals surface area (Å²) in [6, 6.07) is 9.02. The van der Waals surface area contributed by atoms with Crippen molar-refractivity contribution in [1.29, 1.82) is 5.26 Å². The lowest BCUT2D eigenvalue weighted by atomic mass is 9.92. The Bertz CT molecular complexity index is 1860. The summed E-state index contributed by atoms with van der Waals surface area (Å²) in [5, 5.41) is 35.4. The average molecular weight is 827 g/mol. The number of phosphoric ester groups is 1. The fourth-order valence-corrected chi connectivity index (χ4v) is 7.67. The number of allylic oxidation sites excluding steroid dienone is 2. The molecule has 0 saturated carbocycles. The number of rotatable bonds is 28. The molecule has 0 amide bonds. The zero-order valence-corrected chi connectivity index (χ0v) is 34.7. The first-order chi connectivity index (χ1) is 28.0. The van der Waals surface area contributed by atoms with Crippen molar-refractivity contribution in [3.05, 3.63) is 77.1 Å². The average Bonchev–Trinajstić information content (AvgIpc) is 3.76. The number of fused-ring (bicyclic) bond motifs is 1. The van der Waals surface area contributed by atoms with Crippen LogP contribution in [0.3, 0.4) is 0 Å². The highest BCUT2D eigenvalue weighted by Gasteiger charge is 2.56. The van der Waals surface area contributed by atoms with E-state index in [-0.39, 0.29) is 24.5 Å². The number of unbranched alkanes of at least 4 members (excludes halogenated alkanes) is 12. The van der Waals surface area contributed by atoms with Crippen LogP contribution in [0.15, 0.2) is 48.8 Å². The number of terminal acetylenes is 1. The Balaban J connectivity index is 1.21. The second kappa shape index (κ2) is 24.5. The molecule has 0 aliphatic carbocycles. The Hall–Kier alpha value is -3.53. The largest absolute Gasteiger partial charge is 0.472 e. The third-order valence-corrected chi connectivity index (χ3v) is 11.2. The predicted molar refractivity (Wildman–Crippen MR) is 217 cm³/mol. The topological polar surface area (TPSA) is 178 Å². The number of halogens is 1. The Morgan fingerprint density at radius 2 is 1.71 bits per heavy atom. The second-order valence-corrected chi connectivity index (χ2v) is 16.3. The molecular weight excluding hydrogens is 766 g/mol. The number of aliphatic hydroxyl groups excluding tert-OH is 2. The van der Waals surface area contributed by atoms with Crippen LogP contribution < -0.4 is 0 Å². The molecule has 3 aromatic rings. The van der Waals surface area contributed by atoms with Gasteiger partial charge in [-0.3, -0.25) is 9.05 Å². The maximum Gasteiger partial charge on any atom is 0.472 e. The molecule has 4 rings (SSSR count). The molecule has 1 saturated heterocycles. The number of nitriles is 1. The summed E-state index contributed by atoms with van der Waals surface area (Å²) in [4.78, 5) is 14.8. The lowest BCUT2D eigenvalue weighted by Gasteiger charge is -2.26. The molecule has 1 aromatic carbocycles. The van der Waals surface area contributed by atoms with Crippen LogP contribution in [-0.4, -0.2) is 80.5 Å². The third kappa shape index (κ3) is 14.3. The fourth-order valence-electron chi connectivity index (χ4n) is 6.90. The van der Waals surface area contributed by atoms with Gasteiger partial charge in [-0.15, -0.1) is 6.42 Å². The molecule has 3 N–H and O–H groups in total. The molecule has 15 heteroatoms.